The average molecular weight is 199 g/mol. The number of nitrogens with zero attached hydrogens (tertiary/aromatic N) is 2. The lowest BCUT2D eigenvalue weighted by atomic mass is 10.4. The molecule has 2 aliphatic rings. The molecule has 2 saturated heterocycles. The summed E-state index contributed by atoms with van der Waals surface area (Å²) in [4.78, 5) is 34.6. The van der Waals surface area contributed by atoms with Gasteiger partial charge in [0.25, 0.3) is 5.91 Å². The second kappa shape index (κ2) is 2.84. The second-order valence-corrected chi connectivity index (χ2v) is 3.00. The molecule has 0 aromatic carbocycles. The van der Waals surface area contributed by atoms with Gasteiger partial charge >= 0.3 is 12.1 Å². The van der Waals surface area contributed by atoms with Crippen LogP contribution in [0.2, 0.25) is 0 Å². The first kappa shape index (κ1) is 8.75. The number of rotatable bonds is 1. The Labute approximate surface area is 79.0 Å². The maximum Gasteiger partial charge on any atom is 0.340 e. The van der Waals surface area contributed by atoms with Crippen molar-refractivity contribution in [1.82, 2.24) is 20.5 Å². The van der Waals surface area contributed by atoms with E-state index in [9.17, 15) is 14.4 Å². The fourth-order valence-corrected chi connectivity index (χ4v) is 1.48. The molecule has 2 heterocycles. The zero-order valence-corrected chi connectivity index (χ0v) is 7.19. The van der Waals surface area contributed by atoms with Gasteiger partial charge in [-0.3, -0.25) is 15.0 Å². The first-order chi connectivity index (χ1) is 6.61. The first-order valence-electron chi connectivity index (χ1n) is 4.04. The number of carbonyl (C=O) groups excluding carboxylic acids is 3. The Hall–Kier alpha value is -1.83. The third-order valence-corrected chi connectivity index (χ3v) is 2.15. The minimum atomic E-state index is -1.02. The number of carbonyl (C=O) groups is 3. The van der Waals surface area contributed by atoms with Gasteiger partial charge in [0, 0.05) is 13.1 Å². The summed E-state index contributed by atoms with van der Waals surface area (Å²) in [5.74, 6) is 4.76. The van der Waals surface area contributed by atoms with Crippen LogP contribution >= 0.6 is 0 Å². The molecule has 0 aliphatic carbocycles. The van der Waals surface area contributed by atoms with Crippen LogP contribution in [0, 0.1) is 0 Å². The van der Waals surface area contributed by atoms with Crippen molar-refractivity contribution in [2.45, 2.75) is 6.17 Å². The predicted octanol–water partition coefficient (Wildman–Crippen LogP) is -2.24. The van der Waals surface area contributed by atoms with E-state index in [0.29, 0.717) is 18.1 Å². The van der Waals surface area contributed by atoms with E-state index < -0.39 is 24.1 Å². The van der Waals surface area contributed by atoms with Crippen LogP contribution < -0.4 is 16.5 Å². The molecule has 4 N–H and O–H groups in total. The molecule has 2 fully saturated rings. The van der Waals surface area contributed by atoms with E-state index in [1.54, 1.807) is 0 Å². The monoisotopic (exact) mass is 199 g/mol. The maximum absolute atomic E-state index is 11.3. The summed E-state index contributed by atoms with van der Waals surface area (Å²) in [6.45, 7) is 0.808. The average Bonchev–Trinajstić information content (AvgIpc) is 2.60. The smallest absolute Gasteiger partial charge is 0.336 e. The SMILES string of the molecule is NN1C(=O)NC(=O)C1N1CCNC1=O. The summed E-state index contributed by atoms with van der Waals surface area (Å²) in [6, 6.07) is -1.09. The number of nitrogens with one attached hydrogen (secondary N) is 2. The molecule has 76 valence electrons. The van der Waals surface area contributed by atoms with Crippen LogP contribution in [-0.2, 0) is 4.79 Å². The Kier molecular flexibility index (Phi) is 1.78. The van der Waals surface area contributed by atoms with E-state index in [-0.39, 0.29) is 0 Å². The van der Waals surface area contributed by atoms with Gasteiger partial charge in [-0.15, -0.1) is 0 Å². The van der Waals surface area contributed by atoms with E-state index in [2.05, 4.69) is 5.32 Å². The van der Waals surface area contributed by atoms with E-state index in [4.69, 9.17) is 5.84 Å². The number of nitrogens with two attached hydrogens (primary N) is 1. The molecular weight excluding hydrogens is 190 g/mol. The zero-order chi connectivity index (χ0) is 10.3. The topological polar surface area (TPSA) is 108 Å². The summed E-state index contributed by atoms with van der Waals surface area (Å²) in [5.41, 5.74) is 0. The van der Waals surface area contributed by atoms with Crippen LogP contribution in [0.3, 0.4) is 0 Å². The molecule has 14 heavy (non-hydrogen) atoms. The lowest BCUT2D eigenvalue weighted by Gasteiger charge is -2.24. The summed E-state index contributed by atoms with van der Waals surface area (Å²) in [6.07, 6.45) is -1.02. The van der Waals surface area contributed by atoms with Gasteiger partial charge in [0.1, 0.15) is 0 Å². The van der Waals surface area contributed by atoms with E-state index in [1.807, 2.05) is 5.32 Å². The molecule has 0 radical (unpaired) electrons. The summed E-state index contributed by atoms with van der Waals surface area (Å²) in [7, 11) is 0. The molecule has 8 nitrogen and oxygen atoms in total. The Balaban J connectivity index is 2.21. The Morgan fingerprint density at radius 2 is 2.00 bits per heavy atom. The summed E-state index contributed by atoms with van der Waals surface area (Å²) >= 11 is 0. The van der Waals surface area contributed by atoms with Gasteiger partial charge in [-0.25, -0.2) is 20.4 Å². The van der Waals surface area contributed by atoms with Crippen LogP contribution in [0.25, 0.3) is 0 Å². The number of amides is 5. The molecule has 0 spiro atoms. The highest BCUT2D eigenvalue weighted by Gasteiger charge is 2.44. The number of hydrogen-bond donors (Lipinski definition) is 3. The molecule has 2 aliphatic heterocycles. The minimum Gasteiger partial charge on any atom is -0.336 e. The standard InChI is InChI=1S/C6H9N5O3/c7-11-4(3(12)9-6(11)14)10-2-1-8-5(10)13/h4H,1-2,7H2,(H,8,13)(H,9,12,14). The Morgan fingerprint density at radius 1 is 1.29 bits per heavy atom. The molecule has 1 unspecified atom stereocenters. The number of hydrogen-bond acceptors (Lipinski definition) is 4. The van der Waals surface area contributed by atoms with Crippen molar-refractivity contribution in [2.75, 3.05) is 13.1 Å². The quantitative estimate of drug-likeness (QED) is 0.252. The van der Waals surface area contributed by atoms with Crippen molar-refractivity contribution in [3.63, 3.8) is 0 Å². The van der Waals surface area contributed by atoms with E-state index in [1.165, 1.54) is 4.90 Å². The number of imide groups is 1. The first-order valence-corrected chi connectivity index (χ1v) is 4.04. The normalized spacial score (nSPS) is 26.9. The van der Waals surface area contributed by atoms with Gasteiger partial charge in [0.15, 0.2) is 0 Å². The van der Waals surface area contributed by atoms with Gasteiger partial charge in [0.2, 0.25) is 6.17 Å². The van der Waals surface area contributed by atoms with Gasteiger partial charge in [-0.2, -0.15) is 0 Å². The molecule has 0 aromatic rings. The maximum atomic E-state index is 11.3. The Bertz CT molecular complexity index is 317. The Morgan fingerprint density at radius 3 is 2.43 bits per heavy atom. The lowest BCUT2D eigenvalue weighted by Crippen LogP contribution is -2.53. The summed E-state index contributed by atoms with van der Waals surface area (Å²) in [5, 5.41) is 5.25. The van der Waals surface area contributed by atoms with Crippen LogP contribution in [0.1, 0.15) is 0 Å². The van der Waals surface area contributed by atoms with Crippen LogP contribution in [-0.4, -0.2) is 47.1 Å². The second-order valence-electron chi connectivity index (χ2n) is 3.00. The molecule has 5 amide bonds. The molecule has 0 bridgehead atoms. The van der Waals surface area contributed by atoms with Crippen molar-refractivity contribution in [1.29, 1.82) is 0 Å². The van der Waals surface area contributed by atoms with E-state index >= 15 is 0 Å². The van der Waals surface area contributed by atoms with Crippen molar-refractivity contribution in [3.8, 4) is 0 Å². The molecule has 8 heteroatoms. The highest BCUT2D eigenvalue weighted by atomic mass is 16.2. The van der Waals surface area contributed by atoms with Gasteiger partial charge in [-0.1, -0.05) is 0 Å². The number of hydrazine groups is 1. The van der Waals surface area contributed by atoms with Gasteiger partial charge < -0.3 is 5.32 Å². The molecule has 0 aromatic heterocycles. The lowest BCUT2D eigenvalue weighted by molar-refractivity contribution is -0.125. The largest absolute Gasteiger partial charge is 0.340 e. The van der Waals surface area contributed by atoms with Crippen molar-refractivity contribution < 1.29 is 14.4 Å². The van der Waals surface area contributed by atoms with E-state index in [0.717, 1.165) is 0 Å². The molecule has 0 saturated carbocycles. The third-order valence-electron chi connectivity index (χ3n) is 2.15. The van der Waals surface area contributed by atoms with Gasteiger partial charge in [0.05, 0.1) is 0 Å². The predicted molar refractivity (Wildman–Crippen MR) is 43.5 cm³/mol. The van der Waals surface area contributed by atoms with Gasteiger partial charge in [-0.05, 0) is 0 Å². The molecular formula is C6H9N5O3. The van der Waals surface area contributed by atoms with Crippen LogP contribution in [0.5, 0.6) is 0 Å². The van der Waals surface area contributed by atoms with Crippen LogP contribution in [0.4, 0.5) is 9.59 Å². The minimum absolute atomic E-state index is 0.359. The number of urea groups is 2. The van der Waals surface area contributed by atoms with Crippen LogP contribution in [0.15, 0.2) is 0 Å². The zero-order valence-electron chi connectivity index (χ0n) is 7.19. The highest BCUT2D eigenvalue weighted by molar-refractivity contribution is 6.05. The summed E-state index contributed by atoms with van der Waals surface area (Å²) < 4.78 is 0. The van der Waals surface area contributed by atoms with Crippen molar-refractivity contribution in [2.24, 2.45) is 5.84 Å². The third kappa shape index (κ3) is 1.08. The molecule has 1 atom stereocenters. The van der Waals surface area contributed by atoms with Crippen molar-refractivity contribution in [3.05, 3.63) is 0 Å². The molecule has 2 rings (SSSR count). The highest BCUT2D eigenvalue weighted by Crippen LogP contribution is 2.11. The fraction of sp³-hybridized carbons (Fsp3) is 0.500. The fourth-order valence-electron chi connectivity index (χ4n) is 1.48. The van der Waals surface area contributed by atoms with Crippen molar-refractivity contribution >= 4 is 18.0 Å².